The molecule has 9 heteroatoms. The van der Waals surface area contributed by atoms with Gasteiger partial charge in [-0.15, -0.1) is 0 Å². The Balaban J connectivity index is 1.51. The summed E-state index contributed by atoms with van der Waals surface area (Å²) in [4.78, 5) is 11.9. The topological polar surface area (TPSA) is 105 Å². The van der Waals surface area contributed by atoms with Gasteiger partial charge >= 0.3 is 5.97 Å². The van der Waals surface area contributed by atoms with Gasteiger partial charge in [0.15, 0.2) is 0 Å². The summed E-state index contributed by atoms with van der Waals surface area (Å²) in [5.41, 5.74) is 0.928. The van der Waals surface area contributed by atoms with Crippen molar-refractivity contribution in [2.45, 2.75) is 42.5 Å². The number of aromatic carboxylic acids is 1. The van der Waals surface area contributed by atoms with Crippen molar-refractivity contribution in [1.82, 2.24) is 5.32 Å². The maximum atomic E-state index is 13.9. The monoisotopic (exact) mass is 446 g/mol. The van der Waals surface area contributed by atoms with Gasteiger partial charge in [-0.05, 0) is 73.5 Å². The molecular weight excluding hydrogens is 423 g/mol. The fourth-order valence-corrected chi connectivity index (χ4v) is 6.02. The fraction of sp³-hybridized carbons (Fsp3) is 0.409. The maximum absolute atomic E-state index is 13.9. The van der Waals surface area contributed by atoms with Crippen molar-refractivity contribution in [2.24, 2.45) is 5.92 Å². The predicted molar refractivity (Wildman–Crippen MR) is 112 cm³/mol. The molecule has 7 nitrogen and oxygen atoms in total. The number of fused-ring (bicyclic) bond motifs is 3. The molecule has 31 heavy (non-hydrogen) atoms. The Kier molecular flexibility index (Phi) is 4.90. The van der Waals surface area contributed by atoms with Gasteiger partial charge in [0.05, 0.1) is 17.2 Å². The smallest absolute Gasteiger partial charge is 0.341 e. The van der Waals surface area contributed by atoms with E-state index >= 15 is 0 Å². The molecule has 3 atom stereocenters. The molecule has 1 aliphatic carbocycles. The van der Waals surface area contributed by atoms with Gasteiger partial charge in [-0.25, -0.2) is 17.6 Å². The standard InChI is InChI=1S/C22H23FN2O5S/c23-14-3-6-19(12(8-14)9-15-2-1-7-24-15)31(28,29)25-18-5-4-16-17-10-13(17)11-30-21(16)20(18)22(26)27/h3-6,8,13,15,17,24-25H,1-2,7,9-11H2,(H,26,27)/t13-,15?,17-/m0/s1. The second-order valence-electron chi connectivity index (χ2n) is 8.48. The molecule has 0 bridgehead atoms. The van der Waals surface area contributed by atoms with E-state index in [1.807, 2.05) is 0 Å². The zero-order chi connectivity index (χ0) is 21.8. The summed E-state index contributed by atoms with van der Waals surface area (Å²) < 4.78 is 48.5. The van der Waals surface area contributed by atoms with Gasteiger partial charge in [0.25, 0.3) is 10.0 Å². The number of anilines is 1. The Labute approximate surface area is 179 Å². The molecule has 3 N–H and O–H groups in total. The molecule has 0 aromatic heterocycles. The van der Waals surface area contributed by atoms with Crippen LogP contribution in [0.5, 0.6) is 5.75 Å². The first kappa shape index (κ1) is 20.3. The number of carboxylic acids is 1. The summed E-state index contributed by atoms with van der Waals surface area (Å²) in [6.45, 7) is 1.28. The van der Waals surface area contributed by atoms with E-state index in [2.05, 4.69) is 10.0 Å². The lowest BCUT2D eigenvalue weighted by atomic mass is 10.0. The first-order valence-electron chi connectivity index (χ1n) is 10.4. The van der Waals surface area contributed by atoms with Crippen LogP contribution in [0, 0.1) is 11.7 Å². The highest BCUT2D eigenvalue weighted by molar-refractivity contribution is 7.92. The van der Waals surface area contributed by atoms with Crippen LogP contribution >= 0.6 is 0 Å². The zero-order valence-electron chi connectivity index (χ0n) is 16.7. The van der Waals surface area contributed by atoms with Crippen molar-refractivity contribution in [3.05, 3.63) is 52.8 Å². The molecule has 5 rings (SSSR count). The molecule has 1 unspecified atom stereocenters. The molecule has 2 aliphatic heterocycles. The molecular formula is C22H23FN2O5S. The molecule has 164 valence electrons. The predicted octanol–water partition coefficient (Wildman–Crippen LogP) is 3.12. The normalized spacial score (nSPS) is 24.1. The van der Waals surface area contributed by atoms with Gasteiger partial charge < -0.3 is 15.2 Å². The summed E-state index contributed by atoms with van der Waals surface area (Å²) in [6.07, 6.45) is 3.19. The SMILES string of the molecule is O=C(O)c1c(NS(=O)(=O)c2ccc(F)cc2CC2CCCN2)ccc2c1OC[C@@H]1C[C@H]21. The van der Waals surface area contributed by atoms with Gasteiger partial charge in [-0.2, -0.15) is 0 Å². The molecule has 0 amide bonds. The number of ether oxygens (including phenoxy) is 1. The number of sulfonamides is 1. The Morgan fingerprint density at radius 2 is 2.13 bits per heavy atom. The molecule has 0 spiro atoms. The van der Waals surface area contributed by atoms with Gasteiger partial charge in [-0.1, -0.05) is 6.07 Å². The highest BCUT2D eigenvalue weighted by Gasteiger charge is 2.45. The van der Waals surface area contributed by atoms with Crippen LogP contribution in [-0.2, 0) is 16.4 Å². The van der Waals surface area contributed by atoms with Gasteiger partial charge in [0, 0.05) is 12.0 Å². The van der Waals surface area contributed by atoms with E-state index in [-0.39, 0.29) is 33.9 Å². The Morgan fingerprint density at radius 1 is 1.29 bits per heavy atom. The number of hydrogen-bond donors (Lipinski definition) is 3. The van der Waals surface area contributed by atoms with E-state index in [0.717, 1.165) is 37.4 Å². The van der Waals surface area contributed by atoms with E-state index in [1.54, 1.807) is 6.07 Å². The quantitative estimate of drug-likeness (QED) is 0.630. The van der Waals surface area contributed by atoms with E-state index in [0.29, 0.717) is 24.5 Å². The number of halogens is 1. The number of nitrogens with one attached hydrogen (secondary N) is 2. The van der Waals surface area contributed by atoms with Crippen molar-refractivity contribution < 1.29 is 27.4 Å². The van der Waals surface area contributed by atoms with Gasteiger partial charge in [-0.3, -0.25) is 4.72 Å². The lowest BCUT2D eigenvalue weighted by molar-refractivity contribution is 0.0692. The number of carboxylic acid groups (broad SMARTS) is 1. The average Bonchev–Trinajstić information content (AvgIpc) is 3.34. The third-order valence-corrected chi connectivity index (χ3v) is 7.82. The molecule has 3 aliphatic rings. The summed E-state index contributed by atoms with van der Waals surface area (Å²) in [5, 5.41) is 13.1. The van der Waals surface area contributed by atoms with Gasteiger partial charge in [0.2, 0.25) is 0 Å². The fourth-order valence-electron chi connectivity index (χ4n) is 4.71. The number of carbonyl (C=O) groups is 1. The van der Waals surface area contributed by atoms with Crippen LogP contribution in [0.2, 0.25) is 0 Å². The molecule has 2 aromatic rings. The second kappa shape index (κ2) is 7.49. The lowest BCUT2D eigenvalue weighted by Gasteiger charge is -2.21. The van der Waals surface area contributed by atoms with Crippen LogP contribution in [0.25, 0.3) is 0 Å². The van der Waals surface area contributed by atoms with Crippen molar-refractivity contribution in [1.29, 1.82) is 0 Å². The summed E-state index contributed by atoms with van der Waals surface area (Å²) in [6, 6.07) is 6.85. The third kappa shape index (κ3) is 3.76. The van der Waals surface area contributed by atoms with E-state index in [9.17, 15) is 22.7 Å². The minimum Gasteiger partial charge on any atom is -0.492 e. The van der Waals surface area contributed by atoms with Crippen molar-refractivity contribution in [3.8, 4) is 5.75 Å². The van der Waals surface area contributed by atoms with Crippen molar-refractivity contribution >= 4 is 21.7 Å². The van der Waals surface area contributed by atoms with Crippen LogP contribution < -0.4 is 14.8 Å². The van der Waals surface area contributed by atoms with E-state index in [4.69, 9.17) is 4.74 Å². The van der Waals surface area contributed by atoms with Crippen molar-refractivity contribution in [2.75, 3.05) is 17.9 Å². The molecule has 1 saturated heterocycles. The number of hydrogen-bond acceptors (Lipinski definition) is 5. The highest BCUT2D eigenvalue weighted by Crippen LogP contribution is 2.55. The average molecular weight is 447 g/mol. The largest absolute Gasteiger partial charge is 0.492 e. The minimum atomic E-state index is -4.15. The summed E-state index contributed by atoms with van der Waals surface area (Å²) in [5.74, 6) is -0.860. The Morgan fingerprint density at radius 3 is 2.87 bits per heavy atom. The van der Waals surface area contributed by atoms with Crippen LogP contribution in [0.1, 0.15) is 46.7 Å². The Bertz CT molecular complexity index is 1160. The van der Waals surface area contributed by atoms with Crippen LogP contribution in [0.4, 0.5) is 10.1 Å². The van der Waals surface area contributed by atoms with Gasteiger partial charge in [0.1, 0.15) is 17.1 Å². The van der Waals surface area contributed by atoms with Crippen molar-refractivity contribution in [3.63, 3.8) is 0 Å². The van der Waals surface area contributed by atoms with Crippen LogP contribution in [0.3, 0.4) is 0 Å². The van der Waals surface area contributed by atoms with Crippen LogP contribution in [-0.4, -0.2) is 38.7 Å². The summed E-state index contributed by atoms with van der Waals surface area (Å²) in [7, 11) is -4.15. The lowest BCUT2D eigenvalue weighted by Crippen LogP contribution is -2.25. The summed E-state index contributed by atoms with van der Waals surface area (Å²) >= 11 is 0. The Hall–Kier alpha value is -2.65. The first-order valence-corrected chi connectivity index (χ1v) is 11.9. The number of rotatable bonds is 6. The molecule has 2 fully saturated rings. The third-order valence-electron chi connectivity index (χ3n) is 6.35. The molecule has 1 saturated carbocycles. The van der Waals surface area contributed by atoms with Crippen LogP contribution in [0.15, 0.2) is 35.2 Å². The highest BCUT2D eigenvalue weighted by atomic mass is 32.2. The second-order valence-corrected chi connectivity index (χ2v) is 10.1. The zero-order valence-corrected chi connectivity index (χ0v) is 17.5. The molecule has 2 heterocycles. The first-order chi connectivity index (χ1) is 14.8. The maximum Gasteiger partial charge on any atom is 0.341 e. The molecule has 0 radical (unpaired) electrons. The van der Waals surface area contributed by atoms with E-state index < -0.39 is 21.8 Å². The number of benzene rings is 2. The minimum absolute atomic E-state index is 0.0557. The van der Waals surface area contributed by atoms with E-state index in [1.165, 1.54) is 18.2 Å². The molecule has 2 aromatic carbocycles.